The molecule has 0 aliphatic carbocycles. The third-order valence-corrected chi connectivity index (χ3v) is 3.33. The molecule has 0 bridgehead atoms. The molecular weight excluding hydrogens is 166 g/mol. The van der Waals surface area contributed by atoms with E-state index in [1.807, 2.05) is 0 Å². The van der Waals surface area contributed by atoms with Crippen LogP contribution in [0.15, 0.2) is 0 Å². The van der Waals surface area contributed by atoms with Crippen molar-refractivity contribution in [3.8, 4) is 0 Å². The van der Waals surface area contributed by atoms with Gasteiger partial charge in [0.05, 0.1) is 7.11 Å². The van der Waals surface area contributed by atoms with Crippen LogP contribution in [-0.2, 0) is 4.74 Å². The third-order valence-electron chi connectivity index (χ3n) is 3.33. The molecule has 1 heterocycles. The van der Waals surface area contributed by atoms with Crippen LogP contribution in [-0.4, -0.2) is 31.2 Å². The fraction of sp³-hybridized carbons (Fsp3) is 0.900. The number of rotatable bonds is 1. The first-order chi connectivity index (χ1) is 5.99. The maximum atomic E-state index is 11.2. The standard InChI is InChI=1S/C10H19NO2/c1-8(2)10(3)5-6-11(7-10)9(12)13-4/h8H,5-7H2,1-4H3/t10-/m1/s1. The summed E-state index contributed by atoms with van der Waals surface area (Å²) in [5.41, 5.74) is 0.272. The third kappa shape index (κ3) is 1.95. The van der Waals surface area contributed by atoms with E-state index in [2.05, 4.69) is 20.8 Å². The van der Waals surface area contributed by atoms with E-state index < -0.39 is 0 Å². The molecule has 0 aromatic heterocycles. The number of ether oxygens (including phenoxy) is 1. The van der Waals surface area contributed by atoms with Gasteiger partial charge in [-0.15, -0.1) is 0 Å². The Bertz CT molecular complexity index is 203. The lowest BCUT2D eigenvalue weighted by Crippen LogP contribution is -2.32. The quantitative estimate of drug-likeness (QED) is 0.626. The molecule has 0 N–H and O–H groups in total. The monoisotopic (exact) mass is 185 g/mol. The summed E-state index contributed by atoms with van der Waals surface area (Å²) in [5.74, 6) is 0.613. The van der Waals surface area contributed by atoms with Gasteiger partial charge in [0.1, 0.15) is 0 Å². The molecule has 1 aliphatic rings. The summed E-state index contributed by atoms with van der Waals surface area (Å²) in [4.78, 5) is 13.0. The zero-order chi connectivity index (χ0) is 10.1. The number of hydrogen-bond acceptors (Lipinski definition) is 2. The van der Waals surface area contributed by atoms with Crippen molar-refractivity contribution in [2.24, 2.45) is 11.3 Å². The number of hydrogen-bond donors (Lipinski definition) is 0. The Labute approximate surface area is 80.1 Å². The van der Waals surface area contributed by atoms with Gasteiger partial charge in [0.25, 0.3) is 0 Å². The first-order valence-electron chi connectivity index (χ1n) is 4.82. The Kier molecular flexibility index (Phi) is 2.84. The van der Waals surface area contributed by atoms with Crippen LogP contribution in [0.4, 0.5) is 4.79 Å². The van der Waals surface area contributed by atoms with Crippen molar-refractivity contribution in [1.29, 1.82) is 0 Å². The van der Waals surface area contributed by atoms with E-state index >= 15 is 0 Å². The molecule has 0 unspecified atom stereocenters. The first-order valence-corrected chi connectivity index (χ1v) is 4.82. The van der Waals surface area contributed by atoms with Crippen LogP contribution in [0.5, 0.6) is 0 Å². The molecule has 1 fully saturated rings. The maximum absolute atomic E-state index is 11.2. The van der Waals surface area contributed by atoms with Crippen molar-refractivity contribution in [2.75, 3.05) is 20.2 Å². The molecular formula is C10H19NO2. The van der Waals surface area contributed by atoms with Crippen LogP contribution in [0.25, 0.3) is 0 Å². The minimum absolute atomic E-state index is 0.190. The summed E-state index contributed by atoms with van der Waals surface area (Å²) in [6.07, 6.45) is 0.893. The number of carbonyl (C=O) groups excluding carboxylic acids is 1. The van der Waals surface area contributed by atoms with E-state index in [1.165, 1.54) is 7.11 Å². The number of carbonyl (C=O) groups is 1. The van der Waals surface area contributed by atoms with Crippen molar-refractivity contribution < 1.29 is 9.53 Å². The van der Waals surface area contributed by atoms with Crippen LogP contribution in [0.1, 0.15) is 27.2 Å². The molecule has 13 heavy (non-hydrogen) atoms. The van der Waals surface area contributed by atoms with Crippen LogP contribution in [0.2, 0.25) is 0 Å². The van der Waals surface area contributed by atoms with Crippen LogP contribution < -0.4 is 0 Å². The lowest BCUT2D eigenvalue weighted by Gasteiger charge is -2.28. The summed E-state index contributed by atoms with van der Waals surface area (Å²) in [7, 11) is 1.44. The molecule has 1 saturated heterocycles. The van der Waals surface area contributed by atoms with Gasteiger partial charge in [-0.1, -0.05) is 20.8 Å². The van der Waals surface area contributed by atoms with Crippen LogP contribution in [0.3, 0.4) is 0 Å². The van der Waals surface area contributed by atoms with Crippen molar-refractivity contribution in [3.63, 3.8) is 0 Å². The molecule has 0 saturated carbocycles. The molecule has 3 nitrogen and oxygen atoms in total. The molecule has 1 amide bonds. The van der Waals surface area contributed by atoms with Gasteiger partial charge in [0.15, 0.2) is 0 Å². The summed E-state index contributed by atoms with van der Waals surface area (Å²) in [6, 6.07) is 0. The molecule has 3 heteroatoms. The Morgan fingerprint density at radius 3 is 2.54 bits per heavy atom. The predicted molar refractivity (Wildman–Crippen MR) is 51.5 cm³/mol. The van der Waals surface area contributed by atoms with Gasteiger partial charge >= 0.3 is 6.09 Å². The Balaban J connectivity index is 2.58. The molecule has 0 aromatic rings. The molecule has 1 atom stereocenters. The average Bonchev–Trinajstić information content (AvgIpc) is 2.48. The second-order valence-corrected chi connectivity index (χ2v) is 4.45. The summed E-state index contributed by atoms with van der Waals surface area (Å²) in [5, 5.41) is 0. The van der Waals surface area contributed by atoms with Gasteiger partial charge < -0.3 is 9.64 Å². The Hall–Kier alpha value is -0.730. The van der Waals surface area contributed by atoms with Gasteiger partial charge in [-0.05, 0) is 17.8 Å². The van der Waals surface area contributed by atoms with Crippen molar-refractivity contribution in [3.05, 3.63) is 0 Å². The van der Waals surface area contributed by atoms with Crippen LogP contribution >= 0.6 is 0 Å². The van der Waals surface area contributed by atoms with E-state index in [0.29, 0.717) is 5.92 Å². The van der Waals surface area contributed by atoms with E-state index in [1.54, 1.807) is 4.90 Å². The highest BCUT2D eigenvalue weighted by Gasteiger charge is 2.38. The first kappa shape index (κ1) is 10.4. The van der Waals surface area contributed by atoms with Gasteiger partial charge in [0, 0.05) is 13.1 Å². The maximum Gasteiger partial charge on any atom is 0.409 e. The average molecular weight is 185 g/mol. The predicted octanol–water partition coefficient (Wildman–Crippen LogP) is 2.12. The highest BCUT2D eigenvalue weighted by molar-refractivity contribution is 5.67. The Morgan fingerprint density at radius 1 is 1.54 bits per heavy atom. The van der Waals surface area contributed by atoms with Gasteiger partial charge in [-0.25, -0.2) is 4.79 Å². The fourth-order valence-electron chi connectivity index (χ4n) is 1.74. The lowest BCUT2D eigenvalue weighted by molar-refractivity contribution is 0.123. The van der Waals surface area contributed by atoms with Crippen molar-refractivity contribution in [1.82, 2.24) is 4.90 Å². The van der Waals surface area contributed by atoms with Crippen LogP contribution in [0, 0.1) is 11.3 Å². The van der Waals surface area contributed by atoms with E-state index in [4.69, 9.17) is 4.74 Å². The van der Waals surface area contributed by atoms with Gasteiger partial charge in [0.2, 0.25) is 0 Å². The number of amides is 1. The fourth-order valence-corrected chi connectivity index (χ4v) is 1.74. The van der Waals surface area contributed by atoms with Gasteiger partial charge in [-0.3, -0.25) is 0 Å². The molecule has 76 valence electrons. The molecule has 0 spiro atoms. The summed E-state index contributed by atoms with van der Waals surface area (Å²) in [6.45, 7) is 8.32. The Morgan fingerprint density at radius 2 is 2.15 bits per heavy atom. The highest BCUT2D eigenvalue weighted by atomic mass is 16.5. The summed E-state index contributed by atoms with van der Waals surface area (Å²) >= 11 is 0. The van der Waals surface area contributed by atoms with E-state index in [0.717, 1.165) is 19.5 Å². The molecule has 1 rings (SSSR count). The topological polar surface area (TPSA) is 29.5 Å². The normalized spacial score (nSPS) is 28.2. The SMILES string of the molecule is COC(=O)N1CC[C@@](C)(C(C)C)C1. The number of methoxy groups -OCH3 is 1. The second-order valence-electron chi connectivity index (χ2n) is 4.45. The zero-order valence-electron chi connectivity index (χ0n) is 8.96. The molecule has 0 radical (unpaired) electrons. The molecule has 0 aromatic carbocycles. The summed E-state index contributed by atoms with van der Waals surface area (Å²) < 4.78 is 4.69. The smallest absolute Gasteiger partial charge is 0.409 e. The minimum Gasteiger partial charge on any atom is -0.453 e. The number of likely N-dealkylation sites (tertiary alicyclic amines) is 1. The minimum atomic E-state index is -0.190. The second kappa shape index (κ2) is 3.56. The largest absolute Gasteiger partial charge is 0.453 e. The van der Waals surface area contributed by atoms with Crippen molar-refractivity contribution >= 4 is 6.09 Å². The van der Waals surface area contributed by atoms with Gasteiger partial charge in [-0.2, -0.15) is 0 Å². The van der Waals surface area contributed by atoms with E-state index in [9.17, 15) is 4.79 Å². The highest BCUT2D eigenvalue weighted by Crippen LogP contribution is 2.37. The van der Waals surface area contributed by atoms with Crippen molar-refractivity contribution in [2.45, 2.75) is 27.2 Å². The number of nitrogens with zero attached hydrogens (tertiary/aromatic N) is 1. The lowest BCUT2D eigenvalue weighted by atomic mass is 9.79. The van der Waals surface area contributed by atoms with E-state index in [-0.39, 0.29) is 11.5 Å². The molecule has 1 aliphatic heterocycles. The zero-order valence-corrected chi connectivity index (χ0v) is 8.96.